The van der Waals surface area contributed by atoms with Crippen molar-refractivity contribution in [1.29, 1.82) is 0 Å². The van der Waals surface area contributed by atoms with Gasteiger partial charge in [0.25, 0.3) is 0 Å². The van der Waals surface area contributed by atoms with Gasteiger partial charge in [-0.15, -0.1) is 0 Å². The molecule has 1 aromatic heterocycles. The minimum Gasteiger partial charge on any atom is -0.366 e. The number of carbonyl (C=O) groups is 1. The van der Waals surface area contributed by atoms with Crippen LogP contribution < -0.4 is 5.73 Å². The first kappa shape index (κ1) is 27.1. The van der Waals surface area contributed by atoms with E-state index in [1.54, 1.807) is 12.1 Å². The van der Waals surface area contributed by atoms with Crippen LogP contribution in [-0.2, 0) is 26.2 Å². The van der Waals surface area contributed by atoms with Crippen molar-refractivity contribution in [2.75, 3.05) is 0 Å². The number of rotatable bonds is 12. The predicted molar refractivity (Wildman–Crippen MR) is 162 cm³/mol. The molecule has 1 heterocycles. The van der Waals surface area contributed by atoms with E-state index in [0.29, 0.717) is 18.7 Å². The van der Waals surface area contributed by atoms with Gasteiger partial charge in [-0.2, -0.15) is 0 Å². The lowest BCUT2D eigenvalue weighted by atomic mass is 10.1. The first-order valence-electron chi connectivity index (χ1n) is 14.0. The van der Waals surface area contributed by atoms with Crippen molar-refractivity contribution in [1.82, 2.24) is 14.5 Å². The van der Waals surface area contributed by atoms with E-state index in [9.17, 15) is 4.79 Å². The SMILES string of the molecule is CCCCn1c(-c2ccccc2)nc(CN(Cc2ccccc2)Cc2ccc(C(N)=O)cc2)c1-c1ccccc1. The fourth-order valence-electron chi connectivity index (χ4n) is 5.13. The summed E-state index contributed by atoms with van der Waals surface area (Å²) in [5.74, 6) is 0.597. The summed E-state index contributed by atoms with van der Waals surface area (Å²) in [6.07, 6.45) is 2.19. The second kappa shape index (κ2) is 13.0. The van der Waals surface area contributed by atoms with Gasteiger partial charge < -0.3 is 10.3 Å². The number of carbonyl (C=O) groups excluding carboxylic acids is 1. The number of aromatic nitrogens is 2. The third kappa shape index (κ3) is 6.56. The van der Waals surface area contributed by atoms with Crippen molar-refractivity contribution in [3.05, 3.63) is 138 Å². The molecule has 1 amide bonds. The third-order valence-electron chi connectivity index (χ3n) is 7.12. The van der Waals surface area contributed by atoms with Crippen LogP contribution in [0.15, 0.2) is 115 Å². The topological polar surface area (TPSA) is 64.2 Å². The molecule has 5 rings (SSSR count). The number of imidazole rings is 1. The average molecular weight is 529 g/mol. The summed E-state index contributed by atoms with van der Waals surface area (Å²) in [6, 6.07) is 39.2. The molecule has 0 bridgehead atoms. The first-order chi connectivity index (χ1) is 19.6. The predicted octanol–water partition coefficient (Wildman–Crippen LogP) is 7.32. The summed E-state index contributed by atoms with van der Waals surface area (Å²) in [5, 5.41) is 0. The van der Waals surface area contributed by atoms with E-state index in [-0.39, 0.29) is 0 Å². The number of benzene rings is 4. The van der Waals surface area contributed by atoms with Crippen molar-refractivity contribution in [2.24, 2.45) is 5.73 Å². The fraction of sp³-hybridized carbons (Fsp3) is 0.200. The summed E-state index contributed by atoms with van der Waals surface area (Å²) in [7, 11) is 0. The zero-order valence-corrected chi connectivity index (χ0v) is 23.0. The van der Waals surface area contributed by atoms with Gasteiger partial charge >= 0.3 is 0 Å². The van der Waals surface area contributed by atoms with Crippen LogP contribution in [0.3, 0.4) is 0 Å². The number of amides is 1. The van der Waals surface area contributed by atoms with Gasteiger partial charge in [-0.05, 0) is 29.7 Å². The number of unbranched alkanes of at least 4 members (excludes halogenated alkanes) is 1. The standard InChI is InChI=1S/C35H36N4O/c1-2-3-23-39-33(29-15-9-5-10-16-29)32(37-35(39)31-17-11-6-12-18-31)26-38(24-27-13-7-4-8-14-27)25-28-19-21-30(22-20-28)34(36)40/h4-22H,2-3,23-26H2,1H3,(H2,36,40). The number of nitrogens with zero attached hydrogens (tertiary/aromatic N) is 3. The lowest BCUT2D eigenvalue weighted by molar-refractivity contribution is 0.1000. The molecule has 40 heavy (non-hydrogen) atoms. The minimum atomic E-state index is -0.411. The zero-order valence-electron chi connectivity index (χ0n) is 23.0. The number of hydrogen-bond acceptors (Lipinski definition) is 3. The largest absolute Gasteiger partial charge is 0.366 e. The van der Waals surface area contributed by atoms with Gasteiger partial charge in [0.2, 0.25) is 5.91 Å². The molecule has 202 valence electrons. The zero-order chi connectivity index (χ0) is 27.7. The maximum Gasteiger partial charge on any atom is 0.248 e. The first-order valence-corrected chi connectivity index (χ1v) is 14.0. The maximum atomic E-state index is 11.6. The van der Waals surface area contributed by atoms with Crippen LogP contribution in [0.1, 0.15) is 46.9 Å². The molecule has 0 aliphatic rings. The van der Waals surface area contributed by atoms with Crippen LogP contribution in [-0.4, -0.2) is 20.4 Å². The molecule has 4 aromatic carbocycles. The molecule has 0 atom stereocenters. The van der Waals surface area contributed by atoms with Crippen molar-refractivity contribution in [2.45, 2.75) is 45.9 Å². The molecular formula is C35H36N4O. The van der Waals surface area contributed by atoms with Gasteiger partial charge in [0.05, 0.1) is 11.4 Å². The van der Waals surface area contributed by atoms with E-state index in [1.807, 2.05) is 24.3 Å². The molecule has 0 radical (unpaired) electrons. The molecule has 5 aromatic rings. The van der Waals surface area contributed by atoms with Crippen molar-refractivity contribution in [3.63, 3.8) is 0 Å². The van der Waals surface area contributed by atoms with Gasteiger partial charge in [0.1, 0.15) is 5.82 Å². The van der Waals surface area contributed by atoms with Gasteiger partial charge in [-0.1, -0.05) is 116 Å². The number of primary amides is 1. The van der Waals surface area contributed by atoms with Crippen LogP contribution >= 0.6 is 0 Å². The van der Waals surface area contributed by atoms with Crippen LogP contribution in [0.4, 0.5) is 0 Å². The second-order valence-electron chi connectivity index (χ2n) is 10.2. The summed E-state index contributed by atoms with van der Waals surface area (Å²) in [4.78, 5) is 19.4. The highest BCUT2D eigenvalue weighted by Gasteiger charge is 2.22. The minimum absolute atomic E-state index is 0.411. The van der Waals surface area contributed by atoms with Crippen LogP contribution in [0, 0.1) is 0 Å². The van der Waals surface area contributed by atoms with E-state index in [4.69, 9.17) is 10.7 Å². The summed E-state index contributed by atoms with van der Waals surface area (Å²) >= 11 is 0. The highest BCUT2D eigenvalue weighted by molar-refractivity contribution is 5.92. The second-order valence-corrected chi connectivity index (χ2v) is 10.2. The van der Waals surface area contributed by atoms with Crippen molar-refractivity contribution >= 4 is 5.91 Å². The summed E-state index contributed by atoms with van der Waals surface area (Å²) in [5.41, 5.74) is 12.9. The molecule has 0 unspecified atom stereocenters. The third-order valence-corrected chi connectivity index (χ3v) is 7.12. The van der Waals surface area contributed by atoms with E-state index in [1.165, 1.54) is 16.8 Å². The van der Waals surface area contributed by atoms with E-state index < -0.39 is 5.91 Å². The quantitative estimate of drug-likeness (QED) is 0.185. The molecule has 5 nitrogen and oxygen atoms in total. The van der Waals surface area contributed by atoms with Crippen LogP contribution in [0.2, 0.25) is 0 Å². The van der Waals surface area contributed by atoms with E-state index in [0.717, 1.165) is 48.6 Å². The normalized spacial score (nSPS) is 11.2. The molecule has 0 saturated heterocycles. The van der Waals surface area contributed by atoms with Crippen molar-refractivity contribution in [3.8, 4) is 22.6 Å². The van der Waals surface area contributed by atoms with E-state index >= 15 is 0 Å². The van der Waals surface area contributed by atoms with E-state index in [2.05, 4.69) is 95.3 Å². The highest BCUT2D eigenvalue weighted by Crippen LogP contribution is 2.32. The monoisotopic (exact) mass is 528 g/mol. The average Bonchev–Trinajstić information content (AvgIpc) is 3.35. The Bertz CT molecular complexity index is 1510. The number of nitrogens with two attached hydrogens (primary N) is 1. The Labute approximate surface area is 236 Å². The molecule has 0 aliphatic heterocycles. The Morgan fingerprint density at radius 1 is 0.725 bits per heavy atom. The van der Waals surface area contributed by atoms with Crippen LogP contribution in [0.5, 0.6) is 0 Å². The number of hydrogen-bond donors (Lipinski definition) is 1. The molecule has 0 aliphatic carbocycles. The van der Waals surface area contributed by atoms with Gasteiger partial charge in [-0.25, -0.2) is 4.98 Å². The molecule has 0 saturated carbocycles. The molecule has 0 spiro atoms. The molecule has 5 heteroatoms. The molecule has 2 N–H and O–H groups in total. The Hall–Kier alpha value is -4.48. The Morgan fingerprint density at radius 3 is 1.85 bits per heavy atom. The maximum absolute atomic E-state index is 11.6. The Morgan fingerprint density at radius 2 is 1.27 bits per heavy atom. The van der Waals surface area contributed by atoms with Gasteiger partial charge in [0, 0.05) is 42.9 Å². The van der Waals surface area contributed by atoms with Gasteiger partial charge in [-0.3, -0.25) is 9.69 Å². The van der Waals surface area contributed by atoms with Crippen molar-refractivity contribution < 1.29 is 4.79 Å². The smallest absolute Gasteiger partial charge is 0.248 e. The lowest BCUT2D eigenvalue weighted by Crippen LogP contribution is -2.23. The van der Waals surface area contributed by atoms with Crippen LogP contribution in [0.25, 0.3) is 22.6 Å². The molecular weight excluding hydrogens is 492 g/mol. The summed E-state index contributed by atoms with van der Waals surface area (Å²) in [6.45, 7) is 5.30. The Balaban J connectivity index is 1.58. The summed E-state index contributed by atoms with van der Waals surface area (Å²) < 4.78 is 2.41. The fourth-order valence-corrected chi connectivity index (χ4v) is 5.13. The Kier molecular flexibility index (Phi) is 8.84. The van der Waals surface area contributed by atoms with Gasteiger partial charge in [0.15, 0.2) is 0 Å². The lowest BCUT2D eigenvalue weighted by Gasteiger charge is -2.23. The highest BCUT2D eigenvalue weighted by atomic mass is 16.1. The molecule has 0 fully saturated rings.